The minimum absolute atomic E-state index is 0.0834. The number of carbonyl (C=O) groups is 3. The van der Waals surface area contributed by atoms with Crippen molar-refractivity contribution in [1.29, 1.82) is 0 Å². The number of rotatable bonds is 5. The fourth-order valence-corrected chi connectivity index (χ4v) is 4.20. The Bertz CT molecular complexity index is 684. The molecule has 24 heavy (non-hydrogen) atoms. The summed E-state index contributed by atoms with van der Waals surface area (Å²) in [6.45, 7) is 2.44. The highest BCUT2D eigenvalue weighted by molar-refractivity contribution is 6.03. The molecule has 2 saturated carbocycles. The minimum atomic E-state index is -0.905. The lowest BCUT2D eigenvalue weighted by Gasteiger charge is -2.26. The Morgan fingerprint density at radius 1 is 1.29 bits per heavy atom. The number of anilines is 1. The van der Waals surface area contributed by atoms with Crippen molar-refractivity contribution in [3.63, 3.8) is 0 Å². The molecule has 4 atom stereocenters. The van der Waals surface area contributed by atoms with Crippen LogP contribution < -0.4 is 10.6 Å². The average Bonchev–Trinajstić information content (AvgIpc) is 3.27. The second-order valence-corrected chi connectivity index (χ2v) is 6.54. The van der Waals surface area contributed by atoms with Gasteiger partial charge in [-0.05, 0) is 38.0 Å². The van der Waals surface area contributed by atoms with Crippen LogP contribution >= 0.6 is 0 Å². The van der Waals surface area contributed by atoms with Gasteiger partial charge in [-0.15, -0.1) is 0 Å². The van der Waals surface area contributed by atoms with Crippen molar-refractivity contribution in [1.82, 2.24) is 15.1 Å². The van der Waals surface area contributed by atoms with Gasteiger partial charge in [-0.1, -0.05) is 0 Å². The Morgan fingerprint density at radius 2 is 1.96 bits per heavy atom. The summed E-state index contributed by atoms with van der Waals surface area (Å²) in [5, 5.41) is 18.9. The van der Waals surface area contributed by atoms with Gasteiger partial charge >= 0.3 is 5.97 Å². The summed E-state index contributed by atoms with van der Waals surface area (Å²) >= 11 is 0. The highest BCUT2D eigenvalue weighted by Gasteiger charge is 2.54. The number of carbonyl (C=O) groups excluding carboxylic acids is 2. The molecule has 0 aromatic carbocycles. The molecule has 0 spiro atoms. The number of fused-ring (bicyclic) bond motifs is 2. The summed E-state index contributed by atoms with van der Waals surface area (Å²) in [6, 6.07) is 0. The van der Waals surface area contributed by atoms with E-state index in [0.29, 0.717) is 12.2 Å². The summed E-state index contributed by atoms with van der Waals surface area (Å²) in [5.74, 6) is -2.59. The number of hydrogen-bond donors (Lipinski definition) is 3. The number of amides is 2. The van der Waals surface area contributed by atoms with Crippen molar-refractivity contribution in [2.75, 3.05) is 12.4 Å². The molecular weight excluding hydrogens is 312 g/mol. The molecule has 1 aromatic heterocycles. The Morgan fingerprint density at radius 3 is 2.54 bits per heavy atom. The zero-order valence-electron chi connectivity index (χ0n) is 13.8. The van der Waals surface area contributed by atoms with E-state index in [0.717, 1.165) is 19.3 Å². The third-order valence-electron chi connectivity index (χ3n) is 5.29. The van der Waals surface area contributed by atoms with Crippen LogP contribution in [0.4, 0.5) is 5.69 Å². The largest absolute Gasteiger partial charge is 0.481 e. The molecule has 2 bridgehead atoms. The average molecular weight is 334 g/mol. The number of aromatic nitrogens is 2. The van der Waals surface area contributed by atoms with Crippen LogP contribution in [0.3, 0.4) is 0 Å². The Hall–Kier alpha value is -2.38. The van der Waals surface area contributed by atoms with Crippen molar-refractivity contribution in [3.05, 3.63) is 11.9 Å². The smallest absolute Gasteiger partial charge is 0.307 e. The van der Waals surface area contributed by atoms with Crippen LogP contribution in [-0.2, 0) is 16.1 Å². The number of carboxylic acid groups (broad SMARTS) is 1. The van der Waals surface area contributed by atoms with Crippen LogP contribution in [0.25, 0.3) is 0 Å². The molecule has 3 rings (SSSR count). The standard InChI is InChI=1S/C16H22N4O4/c1-3-20-7-10(13(19-20)15(22)17-2)18-14(21)11-8-4-5-9(6-8)12(11)16(23)24/h7-9,11-12H,3-6H2,1-2H3,(H,17,22)(H,18,21)(H,23,24)/t8-,9-,11-,12-/m0/s1. The van der Waals surface area contributed by atoms with Crippen molar-refractivity contribution in [3.8, 4) is 0 Å². The molecule has 1 heterocycles. The molecule has 2 fully saturated rings. The summed E-state index contributed by atoms with van der Waals surface area (Å²) in [6.07, 6.45) is 4.17. The van der Waals surface area contributed by atoms with E-state index in [9.17, 15) is 19.5 Å². The zero-order chi connectivity index (χ0) is 17.4. The topological polar surface area (TPSA) is 113 Å². The predicted molar refractivity (Wildman–Crippen MR) is 85.4 cm³/mol. The maximum Gasteiger partial charge on any atom is 0.307 e. The summed E-state index contributed by atoms with van der Waals surface area (Å²) in [7, 11) is 1.50. The first-order chi connectivity index (χ1) is 11.5. The van der Waals surface area contributed by atoms with Gasteiger partial charge in [-0.2, -0.15) is 5.10 Å². The second kappa shape index (κ2) is 6.26. The normalized spacial score (nSPS) is 27.9. The van der Waals surface area contributed by atoms with Crippen molar-refractivity contribution in [2.45, 2.75) is 32.7 Å². The lowest BCUT2D eigenvalue weighted by molar-refractivity contribution is -0.148. The first-order valence-corrected chi connectivity index (χ1v) is 8.29. The molecule has 0 saturated heterocycles. The predicted octanol–water partition coefficient (Wildman–Crippen LogP) is 0.948. The molecule has 8 heteroatoms. The van der Waals surface area contributed by atoms with Crippen molar-refractivity contribution >= 4 is 23.5 Å². The molecule has 130 valence electrons. The number of nitrogens with zero attached hydrogens (tertiary/aromatic N) is 2. The molecule has 2 amide bonds. The van der Waals surface area contributed by atoms with Crippen molar-refractivity contribution < 1.29 is 19.5 Å². The SMILES string of the molecule is CCn1cc(NC(=O)[C@H]2[C@H]3CC[C@@H](C3)[C@@H]2C(=O)O)c(C(=O)NC)n1. The number of aliphatic carboxylic acids is 1. The van der Waals surface area contributed by atoms with E-state index in [1.54, 1.807) is 10.9 Å². The van der Waals surface area contributed by atoms with E-state index in [2.05, 4.69) is 15.7 Å². The quantitative estimate of drug-likeness (QED) is 0.742. The molecule has 0 unspecified atom stereocenters. The third kappa shape index (κ3) is 2.65. The van der Waals surface area contributed by atoms with E-state index < -0.39 is 17.8 Å². The fourth-order valence-electron chi connectivity index (χ4n) is 4.20. The number of aryl methyl sites for hydroxylation is 1. The molecule has 2 aliphatic rings. The van der Waals surface area contributed by atoms with Gasteiger partial charge < -0.3 is 15.7 Å². The van der Waals surface area contributed by atoms with Crippen LogP contribution in [0.5, 0.6) is 0 Å². The van der Waals surface area contributed by atoms with E-state index >= 15 is 0 Å². The molecular formula is C16H22N4O4. The first-order valence-electron chi connectivity index (χ1n) is 8.29. The van der Waals surface area contributed by atoms with Gasteiger partial charge in [-0.3, -0.25) is 19.1 Å². The zero-order valence-corrected chi connectivity index (χ0v) is 13.8. The minimum Gasteiger partial charge on any atom is -0.481 e. The van der Waals surface area contributed by atoms with Gasteiger partial charge in [0.2, 0.25) is 5.91 Å². The number of hydrogen-bond acceptors (Lipinski definition) is 4. The fraction of sp³-hybridized carbons (Fsp3) is 0.625. The first kappa shape index (κ1) is 16.5. The molecule has 0 radical (unpaired) electrons. The second-order valence-electron chi connectivity index (χ2n) is 6.54. The maximum absolute atomic E-state index is 12.7. The number of nitrogens with one attached hydrogen (secondary N) is 2. The van der Waals surface area contributed by atoms with Gasteiger partial charge in [-0.25, -0.2) is 0 Å². The number of carboxylic acids is 1. The van der Waals surface area contributed by atoms with Gasteiger partial charge in [0.05, 0.1) is 17.5 Å². The Kier molecular flexibility index (Phi) is 4.29. The monoisotopic (exact) mass is 334 g/mol. The van der Waals surface area contributed by atoms with Gasteiger partial charge in [0.25, 0.3) is 5.91 Å². The summed E-state index contributed by atoms with van der Waals surface area (Å²) in [5.41, 5.74) is 0.468. The molecule has 0 aliphatic heterocycles. The lowest BCUT2D eigenvalue weighted by atomic mass is 9.78. The van der Waals surface area contributed by atoms with E-state index in [4.69, 9.17) is 0 Å². The van der Waals surface area contributed by atoms with Crippen LogP contribution in [-0.4, -0.2) is 39.7 Å². The maximum atomic E-state index is 12.7. The van der Waals surface area contributed by atoms with Crippen LogP contribution in [0.1, 0.15) is 36.7 Å². The van der Waals surface area contributed by atoms with E-state index in [-0.39, 0.29) is 29.3 Å². The Balaban J connectivity index is 1.83. The third-order valence-corrected chi connectivity index (χ3v) is 5.29. The van der Waals surface area contributed by atoms with E-state index in [1.165, 1.54) is 7.05 Å². The van der Waals surface area contributed by atoms with Crippen LogP contribution in [0.2, 0.25) is 0 Å². The highest BCUT2D eigenvalue weighted by atomic mass is 16.4. The highest BCUT2D eigenvalue weighted by Crippen LogP contribution is 2.52. The summed E-state index contributed by atoms with van der Waals surface area (Å²) < 4.78 is 1.57. The van der Waals surface area contributed by atoms with E-state index in [1.807, 2.05) is 6.92 Å². The summed E-state index contributed by atoms with van der Waals surface area (Å²) in [4.78, 5) is 36.2. The molecule has 1 aromatic rings. The van der Waals surface area contributed by atoms with Gasteiger partial charge in [0.15, 0.2) is 5.69 Å². The van der Waals surface area contributed by atoms with Crippen molar-refractivity contribution in [2.24, 2.45) is 23.7 Å². The lowest BCUT2D eigenvalue weighted by Crippen LogP contribution is -2.38. The van der Waals surface area contributed by atoms with Crippen LogP contribution in [0, 0.1) is 23.7 Å². The van der Waals surface area contributed by atoms with Crippen LogP contribution in [0.15, 0.2) is 6.20 Å². The Labute approximate surface area is 139 Å². The molecule has 2 aliphatic carbocycles. The van der Waals surface area contributed by atoms with Gasteiger partial charge in [0, 0.05) is 19.8 Å². The molecule has 3 N–H and O–H groups in total. The van der Waals surface area contributed by atoms with Gasteiger partial charge in [0.1, 0.15) is 0 Å². The molecule has 8 nitrogen and oxygen atoms in total.